The zero-order chi connectivity index (χ0) is 15.4. The molecule has 1 unspecified atom stereocenters. The van der Waals surface area contributed by atoms with Crippen molar-refractivity contribution < 1.29 is 9.00 Å². The Kier molecular flexibility index (Phi) is 5.31. The van der Waals surface area contributed by atoms with Gasteiger partial charge in [0, 0.05) is 45.6 Å². The van der Waals surface area contributed by atoms with Crippen LogP contribution in [0.1, 0.15) is 15.9 Å². The Hall–Kier alpha value is -1.46. The Balaban J connectivity index is 2.12. The molecule has 2 aromatic carbocycles. The maximum Gasteiger partial charge on any atom is 0.253 e. The van der Waals surface area contributed by atoms with E-state index in [1.54, 1.807) is 42.5 Å². The van der Waals surface area contributed by atoms with E-state index in [-0.39, 0.29) is 5.91 Å². The minimum Gasteiger partial charge on any atom is -0.337 e. The van der Waals surface area contributed by atoms with E-state index in [1.165, 1.54) is 0 Å². The van der Waals surface area contributed by atoms with Crippen molar-refractivity contribution in [1.29, 1.82) is 0 Å². The summed E-state index contributed by atoms with van der Waals surface area (Å²) >= 11 is 3.48. The van der Waals surface area contributed by atoms with Crippen LogP contribution in [0.4, 0.5) is 0 Å². The van der Waals surface area contributed by atoms with Crippen molar-refractivity contribution >= 4 is 32.6 Å². The van der Waals surface area contributed by atoms with E-state index >= 15 is 0 Å². The summed E-state index contributed by atoms with van der Waals surface area (Å²) in [6.07, 6.45) is 1.62. The summed E-state index contributed by atoms with van der Waals surface area (Å²) < 4.78 is 12.3. The lowest BCUT2D eigenvalue weighted by Crippen LogP contribution is -2.26. The molecule has 1 amide bonds. The molecule has 0 saturated heterocycles. The van der Waals surface area contributed by atoms with Crippen LogP contribution >= 0.6 is 15.9 Å². The summed E-state index contributed by atoms with van der Waals surface area (Å²) in [7, 11) is 0.745. The maximum absolute atomic E-state index is 12.4. The SMILES string of the molecule is CN(Cc1ccccc1Br)C(=O)c1ccc(S(C)=O)cc1. The van der Waals surface area contributed by atoms with Crippen LogP contribution in [0.2, 0.25) is 0 Å². The fourth-order valence-electron chi connectivity index (χ4n) is 1.96. The molecule has 1 atom stereocenters. The predicted octanol–water partition coefficient (Wildman–Crippen LogP) is 3.46. The Morgan fingerprint density at radius 3 is 2.33 bits per heavy atom. The first-order chi connectivity index (χ1) is 9.99. The van der Waals surface area contributed by atoms with Crippen LogP contribution in [0.3, 0.4) is 0 Å². The summed E-state index contributed by atoms with van der Waals surface area (Å²) in [6, 6.07) is 14.7. The molecule has 0 radical (unpaired) electrons. The van der Waals surface area contributed by atoms with E-state index in [1.807, 2.05) is 24.3 Å². The molecule has 3 nitrogen and oxygen atoms in total. The molecular formula is C16H16BrNO2S. The van der Waals surface area contributed by atoms with Crippen molar-refractivity contribution in [1.82, 2.24) is 4.90 Å². The Morgan fingerprint density at radius 1 is 1.14 bits per heavy atom. The number of carbonyl (C=O) groups is 1. The summed E-state index contributed by atoms with van der Waals surface area (Å²) in [5, 5.41) is 0. The van der Waals surface area contributed by atoms with Gasteiger partial charge in [0.2, 0.25) is 0 Å². The zero-order valence-corrected chi connectivity index (χ0v) is 14.3. The number of amides is 1. The second kappa shape index (κ2) is 7.00. The fourth-order valence-corrected chi connectivity index (χ4v) is 2.89. The molecule has 0 aliphatic rings. The van der Waals surface area contributed by atoms with Crippen molar-refractivity contribution in [2.24, 2.45) is 0 Å². The molecule has 0 N–H and O–H groups in total. The largest absolute Gasteiger partial charge is 0.337 e. The molecular weight excluding hydrogens is 350 g/mol. The van der Waals surface area contributed by atoms with Gasteiger partial charge in [-0.15, -0.1) is 0 Å². The van der Waals surface area contributed by atoms with Crippen molar-refractivity contribution in [3.05, 3.63) is 64.1 Å². The van der Waals surface area contributed by atoms with Crippen LogP contribution in [-0.2, 0) is 17.3 Å². The highest BCUT2D eigenvalue weighted by Gasteiger charge is 2.13. The highest BCUT2D eigenvalue weighted by atomic mass is 79.9. The van der Waals surface area contributed by atoms with E-state index in [0.717, 1.165) is 14.9 Å². The molecule has 21 heavy (non-hydrogen) atoms. The number of hydrogen-bond acceptors (Lipinski definition) is 2. The van der Waals surface area contributed by atoms with E-state index in [0.29, 0.717) is 12.1 Å². The van der Waals surface area contributed by atoms with Crippen molar-refractivity contribution in [2.75, 3.05) is 13.3 Å². The van der Waals surface area contributed by atoms with Gasteiger partial charge < -0.3 is 4.90 Å². The monoisotopic (exact) mass is 365 g/mol. The molecule has 0 aromatic heterocycles. The van der Waals surface area contributed by atoms with Gasteiger partial charge in [0.15, 0.2) is 0 Å². The molecule has 5 heteroatoms. The maximum atomic E-state index is 12.4. The van der Waals surface area contributed by atoms with Gasteiger partial charge in [0.25, 0.3) is 5.91 Å². The number of rotatable bonds is 4. The van der Waals surface area contributed by atoms with Gasteiger partial charge in [-0.3, -0.25) is 9.00 Å². The van der Waals surface area contributed by atoms with Gasteiger partial charge in [-0.05, 0) is 35.9 Å². The molecule has 0 saturated carbocycles. The average molecular weight is 366 g/mol. The molecule has 0 fully saturated rings. The van der Waals surface area contributed by atoms with E-state index < -0.39 is 10.8 Å². The predicted molar refractivity (Wildman–Crippen MR) is 88.7 cm³/mol. The van der Waals surface area contributed by atoms with Crippen LogP contribution in [-0.4, -0.2) is 28.3 Å². The quantitative estimate of drug-likeness (QED) is 0.831. The van der Waals surface area contributed by atoms with Gasteiger partial charge in [0.1, 0.15) is 0 Å². The number of nitrogens with zero attached hydrogens (tertiary/aromatic N) is 1. The number of hydrogen-bond donors (Lipinski definition) is 0. The van der Waals surface area contributed by atoms with Gasteiger partial charge in [-0.25, -0.2) is 0 Å². The second-order valence-electron chi connectivity index (χ2n) is 4.73. The van der Waals surface area contributed by atoms with Crippen LogP contribution in [0.25, 0.3) is 0 Å². The highest BCUT2D eigenvalue weighted by Crippen LogP contribution is 2.18. The lowest BCUT2D eigenvalue weighted by molar-refractivity contribution is 0.0785. The summed E-state index contributed by atoms with van der Waals surface area (Å²) in [6.45, 7) is 0.529. The Bertz CT molecular complexity index is 670. The van der Waals surface area contributed by atoms with E-state index in [9.17, 15) is 9.00 Å². The molecule has 0 spiro atoms. The third-order valence-corrected chi connectivity index (χ3v) is 4.85. The van der Waals surface area contributed by atoms with Crippen molar-refractivity contribution in [3.63, 3.8) is 0 Å². The molecule has 2 aromatic rings. The average Bonchev–Trinajstić information content (AvgIpc) is 2.49. The molecule has 0 aliphatic carbocycles. The topological polar surface area (TPSA) is 37.4 Å². The van der Waals surface area contributed by atoms with Crippen LogP contribution in [0.5, 0.6) is 0 Å². The van der Waals surface area contributed by atoms with Gasteiger partial charge in [-0.2, -0.15) is 0 Å². The normalized spacial score (nSPS) is 12.0. The van der Waals surface area contributed by atoms with Crippen LogP contribution in [0, 0.1) is 0 Å². The van der Waals surface area contributed by atoms with E-state index in [2.05, 4.69) is 15.9 Å². The number of carbonyl (C=O) groups excluding carboxylic acids is 1. The highest BCUT2D eigenvalue weighted by molar-refractivity contribution is 9.10. The number of benzene rings is 2. The fraction of sp³-hybridized carbons (Fsp3) is 0.188. The lowest BCUT2D eigenvalue weighted by Gasteiger charge is -2.18. The molecule has 0 aliphatic heterocycles. The van der Waals surface area contributed by atoms with Gasteiger partial charge >= 0.3 is 0 Å². The first kappa shape index (κ1) is 15.9. The zero-order valence-electron chi connectivity index (χ0n) is 11.9. The molecule has 2 rings (SSSR count). The summed E-state index contributed by atoms with van der Waals surface area (Å²) in [5.74, 6) is -0.0563. The smallest absolute Gasteiger partial charge is 0.253 e. The van der Waals surface area contributed by atoms with Crippen molar-refractivity contribution in [3.8, 4) is 0 Å². The van der Waals surface area contributed by atoms with Gasteiger partial charge in [-0.1, -0.05) is 34.1 Å². The second-order valence-corrected chi connectivity index (χ2v) is 6.97. The minimum absolute atomic E-state index is 0.0563. The molecule has 0 bridgehead atoms. The Labute approximate surface area is 135 Å². The first-order valence-corrected chi connectivity index (χ1v) is 8.76. The summed E-state index contributed by atoms with van der Waals surface area (Å²) in [5.41, 5.74) is 1.65. The van der Waals surface area contributed by atoms with Crippen LogP contribution in [0.15, 0.2) is 57.9 Å². The third kappa shape index (κ3) is 4.02. The summed E-state index contributed by atoms with van der Waals surface area (Å²) in [4.78, 5) is 14.8. The first-order valence-electron chi connectivity index (χ1n) is 6.41. The molecule has 0 heterocycles. The minimum atomic E-state index is -1.03. The number of halogens is 1. The molecule has 110 valence electrons. The Morgan fingerprint density at radius 2 is 1.76 bits per heavy atom. The van der Waals surface area contributed by atoms with Gasteiger partial charge in [0.05, 0.1) is 0 Å². The third-order valence-electron chi connectivity index (χ3n) is 3.15. The van der Waals surface area contributed by atoms with E-state index in [4.69, 9.17) is 0 Å². The lowest BCUT2D eigenvalue weighted by atomic mass is 10.1. The van der Waals surface area contributed by atoms with Crippen molar-refractivity contribution in [2.45, 2.75) is 11.4 Å². The standard InChI is InChI=1S/C16H16BrNO2S/c1-18(11-13-5-3-4-6-15(13)17)16(19)12-7-9-14(10-8-12)21(2)20/h3-10H,11H2,1-2H3. The van der Waals surface area contributed by atoms with Crippen LogP contribution < -0.4 is 0 Å².